The molecule has 1 unspecified atom stereocenters. The highest BCUT2D eigenvalue weighted by molar-refractivity contribution is 5.88. The van der Waals surface area contributed by atoms with Crippen LogP contribution in [0.4, 0.5) is 5.69 Å². The fraction of sp³-hybridized carbons (Fsp3) is 0.593. The number of hydrogen-bond donors (Lipinski definition) is 3. The monoisotopic (exact) mass is 445 g/mol. The van der Waals surface area contributed by atoms with Crippen molar-refractivity contribution in [2.75, 3.05) is 25.1 Å². The molecule has 0 bridgehead atoms. The molecule has 5 heteroatoms. The number of para-hydroxylation sites is 1. The lowest BCUT2D eigenvalue weighted by Crippen LogP contribution is -2.21. The Hall–Kier alpha value is -2.11. The number of carbonyl (C=O) groups excluding carboxylic acids is 1. The number of esters is 1. The van der Waals surface area contributed by atoms with Crippen molar-refractivity contribution < 1.29 is 19.7 Å². The van der Waals surface area contributed by atoms with Gasteiger partial charge in [0, 0.05) is 18.3 Å². The molecule has 0 fully saturated rings. The maximum absolute atomic E-state index is 11.7. The SMILES string of the molecule is CCCCCCCCCCC=CCCCNc1ccccc1C=CC(=O)OCC(O)CO. The van der Waals surface area contributed by atoms with Crippen molar-refractivity contribution in [2.45, 2.75) is 83.7 Å². The van der Waals surface area contributed by atoms with E-state index in [0.717, 1.165) is 30.6 Å². The number of anilines is 1. The van der Waals surface area contributed by atoms with Gasteiger partial charge in [-0.05, 0) is 43.4 Å². The van der Waals surface area contributed by atoms with Gasteiger partial charge in [0.05, 0.1) is 6.61 Å². The summed E-state index contributed by atoms with van der Waals surface area (Å²) in [6, 6.07) is 7.79. The summed E-state index contributed by atoms with van der Waals surface area (Å²) >= 11 is 0. The van der Waals surface area contributed by atoms with E-state index in [1.54, 1.807) is 6.08 Å². The smallest absolute Gasteiger partial charge is 0.330 e. The molecule has 0 aliphatic heterocycles. The Morgan fingerprint density at radius 3 is 2.38 bits per heavy atom. The van der Waals surface area contributed by atoms with E-state index in [-0.39, 0.29) is 6.61 Å². The van der Waals surface area contributed by atoms with E-state index in [0.29, 0.717) is 0 Å². The number of hydrogen-bond acceptors (Lipinski definition) is 5. The molecule has 0 aliphatic rings. The first kappa shape index (κ1) is 27.9. The van der Waals surface area contributed by atoms with Crippen LogP contribution in [0, 0.1) is 0 Å². The molecule has 5 nitrogen and oxygen atoms in total. The van der Waals surface area contributed by atoms with Gasteiger partial charge in [0.1, 0.15) is 12.7 Å². The maximum atomic E-state index is 11.7. The number of allylic oxidation sites excluding steroid dienone is 2. The molecule has 0 heterocycles. The summed E-state index contributed by atoms with van der Waals surface area (Å²) in [6.07, 6.45) is 20.8. The lowest BCUT2D eigenvalue weighted by atomic mass is 10.1. The van der Waals surface area contributed by atoms with Crippen LogP contribution in [0.5, 0.6) is 0 Å². The van der Waals surface area contributed by atoms with Gasteiger partial charge in [0.15, 0.2) is 0 Å². The molecule has 0 aromatic heterocycles. The number of aliphatic hydroxyl groups excluding tert-OH is 2. The number of aliphatic hydroxyl groups is 2. The molecule has 0 saturated carbocycles. The fourth-order valence-electron chi connectivity index (χ4n) is 3.32. The van der Waals surface area contributed by atoms with Crippen LogP contribution in [0.3, 0.4) is 0 Å². The summed E-state index contributed by atoms with van der Waals surface area (Å²) in [6.45, 7) is 2.47. The molecule has 0 spiro atoms. The van der Waals surface area contributed by atoms with E-state index < -0.39 is 18.7 Å². The van der Waals surface area contributed by atoms with Crippen LogP contribution in [0.2, 0.25) is 0 Å². The molecule has 32 heavy (non-hydrogen) atoms. The van der Waals surface area contributed by atoms with E-state index in [1.165, 1.54) is 63.9 Å². The molecule has 0 amide bonds. The number of benzene rings is 1. The minimum atomic E-state index is -1.05. The molecule has 0 radical (unpaired) electrons. The van der Waals surface area contributed by atoms with Crippen molar-refractivity contribution >= 4 is 17.7 Å². The van der Waals surface area contributed by atoms with Gasteiger partial charge < -0.3 is 20.3 Å². The summed E-state index contributed by atoms with van der Waals surface area (Å²) in [4.78, 5) is 11.7. The van der Waals surface area contributed by atoms with Crippen LogP contribution in [0.15, 0.2) is 42.5 Å². The van der Waals surface area contributed by atoms with Gasteiger partial charge in [-0.3, -0.25) is 0 Å². The zero-order valence-corrected chi connectivity index (χ0v) is 19.8. The quantitative estimate of drug-likeness (QED) is 0.107. The van der Waals surface area contributed by atoms with Crippen LogP contribution in [0.1, 0.15) is 83.1 Å². The largest absolute Gasteiger partial charge is 0.460 e. The van der Waals surface area contributed by atoms with Gasteiger partial charge in [-0.25, -0.2) is 4.79 Å². The Labute approximate surface area is 194 Å². The molecular formula is C27H43NO4. The topological polar surface area (TPSA) is 78.8 Å². The van der Waals surface area contributed by atoms with E-state index >= 15 is 0 Å². The first-order chi connectivity index (χ1) is 15.7. The van der Waals surface area contributed by atoms with Gasteiger partial charge in [0.25, 0.3) is 0 Å². The van der Waals surface area contributed by atoms with Crippen LogP contribution in [0.25, 0.3) is 6.08 Å². The van der Waals surface area contributed by atoms with Crippen molar-refractivity contribution in [2.24, 2.45) is 0 Å². The zero-order chi connectivity index (χ0) is 23.3. The molecule has 0 aliphatic carbocycles. The van der Waals surface area contributed by atoms with Gasteiger partial charge >= 0.3 is 5.97 Å². The summed E-state index contributed by atoms with van der Waals surface area (Å²) < 4.78 is 4.88. The van der Waals surface area contributed by atoms with Gasteiger partial charge in [-0.2, -0.15) is 0 Å². The van der Waals surface area contributed by atoms with E-state index in [2.05, 4.69) is 24.4 Å². The van der Waals surface area contributed by atoms with Crippen LogP contribution in [-0.2, 0) is 9.53 Å². The van der Waals surface area contributed by atoms with Crippen LogP contribution < -0.4 is 5.32 Å². The Morgan fingerprint density at radius 2 is 1.66 bits per heavy atom. The molecule has 1 atom stereocenters. The number of ether oxygens (including phenoxy) is 1. The summed E-state index contributed by atoms with van der Waals surface area (Å²) in [5, 5.41) is 21.4. The van der Waals surface area contributed by atoms with Gasteiger partial charge in [-0.1, -0.05) is 82.2 Å². The Morgan fingerprint density at radius 1 is 1.00 bits per heavy atom. The Kier molecular flexibility index (Phi) is 17.1. The maximum Gasteiger partial charge on any atom is 0.330 e. The first-order valence-corrected chi connectivity index (χ1v) is 12.3. The second-order valence-corrected chi connectivity index (χ2v) is 8.19. The summed E-state index contributed by atoms with van der Waals surface area (Å²) in [5.41, 5.74) is 1.87. The van der Waals surface area contributed by atoms with Crippen LogP contribution >= 0.6 is 0 Å². The van der Waals surface area contributed by atoms with Crippen molar-refractivity contribution in [3.63, 3.8) is 0 Å². The predicted octanol–water partition coefficient (Wildman–Crippen LogP) is 5.88. The van der Waals surface area contributed by atoms with Crippen molar-refractivity contribution in [1.29, 1.82) is 0 Å². The third-order valence-corrected chi connectivity index (χ3v) is 5.24. The molecule has 1 rings (SSSR count). The molecular weight excluding hydrogens is 402 g/mol. The number of nitrogens with one attached hydrogen (secondary N) is 1. The minimum absolute atomic E-state index is 0.216. The highest BCUT2D eigenvalue weighted by atomic mass is 16.5. The molecule has 0 saturated heterocycles. The zero-order valence-electron chi connectivity index (χ0n) is 19.8. The lowest BCUT2D eigenvalue weighted by Gasteiger charge is -2.09. The Balaban J connectivity index is 2.17. The number of carbonyl (C=O) groups is 1. The molecule has 1 aromatic carbocycles. The van der Waals surface area contributed by atoms with Gasteiger partial charge in [-0.15, -0.1) is 0 Å². The van der Waals surface area contributed by atoms with Crippen molar-refractivity contribution in [3.05, 3.63) is 48.1 Å². The molecule has 3 N–H and O–H groups in total. The molecule has 180 valence electrons. The second-order valence-electron chi connectivity index (χ2n) is 8.19. The third kappa shape index (κ3) is 14.8. The standard InChI is InChI=1S/C27H43NO4/c1-2-3-4-5-6-7-8-9-10-11-12-13-16-21-28-26-18-15-14-17-24(26)19-20-27(31)32-23-25(30)22-29/h11-12,14-15,17-20,25,28-30H,2-10,13,16,21-23H2,1H3. The van der Waals surface area contributed by atoms with Crippen LogP contribution in [-0.4, -0.2) is 42.0 Å². The Bertz CT molecular complexity index is 657. The lowest BCUT2D eigenvalue weighted by molar-refractivity contribution is -0.141. The third-order valence-electron chi connectivity index (χ3n) is 5.24. The van der Waals surface area contributed by atoms with Crippen molar-refractivity contribution in [1.82, 2.24) is 0 Å². The fourth-order valence-corrected chi connectivity index (χ4v) is 3.32. The predicted molar refractivity (Wildman–Crippen MR) is 134 cm³/mol. The van der Waals surface area contributed by atoms with Gasteiger partial charge in [0.2, 0.25) is 0 Å². The highest BCUT2D eigenvalue weighted by Crippen LogP contribution is 2.17. The number of unbranched alkanes of at least 4 members (excludes halogenated alkanes) is 9. The van der Waals surface area contributed by atoms with E-state index in [1.807, 2.05) is 24.3 Å². The number of rotatable bonds is 19. The first-order valence-electron chi connectivity index (χ1n) is 12.3. The average Bonchev–Trinajstić information content (AvgIpc) is 2.81. The van der Waals surface area contributed by atoms with E-state index in [9.17, 15) is 9.90 Å². The van der Waals surface area contributed by atoms with E-state index in [4.69, 9.17) is 9.84 Å². The normalized spacial score (nSPS) is 12.5. The summed E-state index contributed by atoms with van der Waals surface area (Å²) in [7, 11) is 0. The average molecular weight is 446 g/mol. The molecule has 1 aromatic rings. The second kappa shape index (κ2) is 19.6. The minimum Gasteiger partial charge on any atom is -0.460 e. The summed E-state index contributed by atoms with van der Waals surface area (Å²) in [5.74, 6) is -0.547. The van der Waals surface area contributed by atoms with Crippen molar-refractivity contribution in [3.8, 4) is 0 Å². The highest BCUT2D eigenvalue weighted by Gasteiger charge is 2.05.